The van der Waals surface area contributed by atoms with Crippen LogP contribution in [0.3, 0.4) is 0 Å². The highest BCUT2D eigenvalue weighted by Crippen LogP contribution is 2.25. The predicted molar refractivity (Wildman–Crippen MR) is 90.8 cm³/mol. The number of aromatic nitrogens is 1. The maximum absolute atomic E-state index is 13.5. The minimum Gasteiger partial charge on any atom is -0.497 e. The van der Waals surface area contributed by atoms with Crippen LogP contribution in [0.1, 0.15) is 21.7 Å². The van der Waals surface area contributed by atoms with Gasteiger partial charge in [-0.3, -0.25) is 4.79 Å². The summed E-state index contributed by atoms with van der Waals surface area (Å²) in [6, 6.07) is 13.3. The van der Waals surface area contributed by atoms with E-state index in [4.69, 9.17) is 9.26 Å². The SMILES string of the molecule is COc1ccc(CNC(=O)c2c(-c3cccc(F)c3)noc2C)cc1. The molecule has 128 valence electrons. The molecule has 1 heterocycles. The monoisotopic (exact) mass is 340 g/mol. The van der Waals surface area contributed by atoms with Crippen molar-refractivity contribution in [3.8, 4) is 17.0 Å². The van der Waals surface area contributed by atoms with Crippen molar-refractivity contribution in [1.29, 1.82) is 0 Å². The maximum Gasteiger partial charge on any atom is 0.257 e. The molecule has 5 nitrogen and oxygen atoms in total. The van der Waals surface area contributed by atoms with Crippen LogP contribution in [0.4, 0.5) is 4.39 Å². The zero-order chi connectivity index (χ0) is 17.8. The number of hydrogen-bond donors (Lipinski definition) is 1. The van der Waals surface area contributed by atoms with Crippen molar-refractivity contribution in [2.24, 2.45) is 0 Å². The molecular formula is C19H17FN2O3. The van der Waals surface area contributed by atoms with Gasteiger partial charge in [-0.25, -0.2) is 4.39 Å². The molecule has 0 fully saturated rings. The van der Waals surface area contributed by atoms with E-state index in [1.165, 1.54) is 12.1 Å². The quantitative estimate of drug-likeness (QED) is 0.769. The Kier molecular flexibility index (Phi) is 4.79. The second-order valence-corrected chi connectivity index (χ2v) is 5.50. The van der Waals surface area contributed by atoms with Gasteiger partial charge in [-0.15, -0.1) is 0 Å². The summed E-state index contributed by atoms with van der Waals surface area (Å²) in [6.45, 7) is 1.99. The van der Waals surface area contributed by atoms with Crippen LogP contribution in [-0.4, -0.2) is 18.2 Å². The summed E-state index contributed by atoms with van der Waals surface area (Å²) in [5, 5.41) is 6.74. The van der Waals surface area contributed by atoms with Crippen LogP contribution >= 0.6 is 0 Å². The van der Waals surface area contributed by atoms with E-state index < -0.39 is 5.82 Å². The summed E-state index contributed by atoms with van der Waals surface area (Å²) < 4.78 is 23.7. The lowest BCUT2D eigenvalue weighted by Gasteiger charge is -2.07. The summed E-state index contributed by atoms with van der Waals surface area (Å²) in [4.78, 5) is 12.6. The molecule has 0 spiro atoms. The summed E-state index contributed by atoms with van der Waals surface area (Å²) in [6.07, 6.45) is 0. The van der Waals surface area contributed by atoms with E-state index in [0.29, 0.717) is 29.1 Å². The molecule has 3 rings (SSSR count). The van der Waals surface area contributed by atoms with Gasteiger partial charge in [0, 0.05) is 12.1 Å². The molecule has 0 aliphatic carbocycles. The van der Waals surface area contributed by atoms with Crippen molar-refractivity contribution >= 4 is 5.91 Å². The summed E-state index contributed by atoms with van der Waals surface area (Å²) in [5.41, 5.74) is 2.05. The first kappa shape index (κ1) is 16.7. The van der Waals surface area contributed by atoms with Crippen molar-refractivity contribution in [3.63, 3.8) is 0 Å². The van der Waals surface area contributed by atoms with Crippen LogP contribution in [0.2, 0.25) is 0 Å². The van der Waals surface area contributed by atoms with Crippen molar-refractivity contribution in [3.05, 3.63) is 71.2 Å². The second kappa shape index (κ2) is 7.17. The van der Waals surface area contributed by atoms with E-state index in [2.05, 4.69) is 10.5 Å². The van der Waals surface area contributed by atoms with Gasteiger partial charge >= 0.3 is 0 Å². The predicted octanol–water partition coefficient (Wildman–Crippen LogP) is 3.73. The molecule has 25 heavy (non-hydrogen) atoms. The van der Waals surface area contributed by atoms with Crippen LogP contribution in [0, 0.1) is 12.7 Å². The molecule has 0 aliphatic heterocycles. The lowest BCUT2D eigenvalue weighted by atomic mass is 10.1. The van der Waals surface area contributed by atoms with Crippen molar-refractivity contribution in [2.75, 3.05) is 7.11 Å². The highest BCUT2D eigenvalue weighted by atomic mass is 19.1. The zero-order valence-corrected chi connectivity index (χ0v) is 13.9. The van der Waals surface area contributed by atoms with Gasteiger partial charge < -0.3 is 14.6 Å². The first-order chi connectivity index (χ1) is 12.1. The molecule has 0 bridgehead atoms. The topological polar surface area (TPSA) is 64.4 Å². The Morgan fingerprint density at radius 2 is 2.00 bits per heavy atom. The third-order valence-corrected chi connectivity index (χ3v) is 3.80. The van der Waals surface area contributed by atoms with E-state index >= 15 is 0 Å². The van der Waals surface area contributed by atoms with Crippen LogP contribution in [-0.2, 0) is 6.54 Å². The van der Waals surface area contributed by atoms with Gasteiger partial charge in [-0.05, 0) is 36.8 Å². The van der Waals surface area contributed by atoms with Crippen LogP contribution in [0.25, 0.3) is 11.3 Å². The second-order valence-electron chi connectivity index (χ2n) is 5.50. The van der Waals surface area contributed by atoms with E-state index in [1.54, 1.807) is 26.2 Å². The summed E-state index contributed by atoms with van der Waals surface area (Å²) >= 11 is 0. The van der Waals surface area contributed by atoms with E-state index in [9.17, 15) is 9.18 Å². The Morgan fingerprint density at radius 1 is 1.24 bits per heavy atom. The van der Waals surface area contributed by atoms with E-state index in [-0.39, 0.29) is 5.91 Å². The van der Waals surface area contributed by atoms with Crippen molar-refractivity contribution in [1.82, 2.24) is 10.5 Å². The maximum atomic E-state index is 13.5. The first-order valence-electron chi connectivity index (χ1n) is 7.72. The van der Waals surface area contributed by atoms with Gasteiger partial charge in [0.15, 0.2) is 0 Å². The number of carbonyl (C=O) groups is 1. The van der Waals surface area contributed by atoms with Crippen molar-refractivity contribution < 1.29 is 18.4 Å². The minimum atomic E-state index is -0.400. The average Bonchev–Trinajstić information content (AvgIpc) is 3.02. The average molecular weight is 340 g/mol. The fourth-order valence-corrected chi connectivity index (χ4v) is 2.49. The van der Waals surface area contributed by atoms with Gasteiger partial charge in [0.05, 0.1) is 7.11 Å². The molecule has 1 aromatic heterocycles. The smallest absolute Gasteiger partial charge is 0.257 e. The number of rotatable bonds is 5. The minimum absolute atomic E-state index is 0.305. The third-order valence-electron chi connectivity index (χ3n) is 3.80. The number of methoxy groups -OCH3 is 1. The molecule has 1 amide bonds. The van der Waals surface area contributed by atoms with Gasteiger partial charge in [0.25, 0.3) is 5.91 Å². The summed E-state index contributed by atoms with van der Waals surface area (Å²) in [7, 11) is 1.60. The fourth-order valence-electron chi connectivity index (χ4n) is 2.49. The fraction of sp³-hybridized carbons (Fsp3) is 0.158. The molecule has 6 heteroatoms. The highest BCUT2D eigenvalue weighted by Gasteiger charge is 2.21. The number of ether oxygens (including phenoxy) is 1. The lowest BCUT2D eigenvalue weighted by Crippen LogP contribution is -2.23. The van der Waals surface area contributed by atoms with Gasteiger partial charge in [-0.1, -0.05) is 29.4 Å². The molecule has 0 radical (unpaired) electrons. The van der Waals surface area contributed by atoms with Crippen LogP contribution < -0.4 is 10.1 Å². The molecule has 0 saturated heterocycles. The van der Waals surface area contributed by atoms with Crippen molar-refractivity contribution in [2.45, 2.75) is 13.5 Å². The van der Waals surface area contributed by atoms with Gasteiger partial charge in [-0.2, -0.15) is 0 Å². The largest absolute Gasteiger partial charge is 0.497 e. The molecule has 0 unspecified atom stereocenters. The lowest BCUT2D eigenvalue weighted by molar-refractivity contribution is 0.0950. The van der Waals surface area contributed by atoms with Gasteiger partial charge in [0.2, 0.25) is 0 Å². The van der Waals surface area contributed by atoms with Gasteiger partial charge in [0.1, 0.15) is 28.6 Å². The molecule has 2 aromatic carbocycles. The molecule has 0 aliphatic rings. The standard InChI is InChI=1S/C19H17FN2O3/c1-12-17(18(22-25-12)14-4-3-5-15(20)10-14)19(23)21-11-13-6-8-16(24-2)9-7-13/h3-10H,11H2,1-2H3,(H,21,23). The normalized spacial score (nSPS) is 10.5. The molecule has 3 aromatic rings. The Morgan fingerprint density at radius 3 is 2.68 bits per heavy atom. The van der Waals surface area contributed by atoms with Crippen LogP contribution in [0.15, 0.2) is 53.1 Å². The molecule has 0 saturated carbocycles. The number of benzene rings is 2. The number of halogens is 1. The van der Waals surface area contributed by atoms with E-state index in [1.807, 2.05) is 24.3 Å². The number of nitrogens with one attached hydrogen (secondary N) is 1. The number of amides is 1. The number of carbonyl (C=O) groups excluding carboxylic acids is 1. The Bertz CT molecular complexity index is 888. The molecule has 1 N–H and O–H groups in total. The summed E-state index contributed by atoms with van der Waals surface area (Å²) in [5.74, 6) is 0.404. The number of aryl methyl sites for hydroxylation is 1. The number of hydrogen-bond acceptors (Lipinski definition) is 4. The third kappa shape index (κ3) is 3.68. The Balaban J connectivity index is 1.79. The Labute approximate surface area is 144 Å². The highest BCUT2D eigenvalue weighted by molar-refractivity contribution is 6.00. The molecular weight excluding hydrogens is 323 g/mol. The number of nitrogens with zero attached hydrogens (tertiary/aromatic N) is 1. The van der Waals surface area contributed by atoms with E-state index in [0.717, 1.165) is 11.3 Å². The zero-order valence-electron chi connectivity index (χ0n) is 13.9. The van der Waals surface area contributed by atoms with Crippen LogP contribution in [0.5, 0.6) is 5.75 Å². The Hall–Kier alpha value is -3.15. The first-order valence-corrected chi connectivity index (χ1v) is 7.72. The molecule has 0 atom stereocenters.